The lowest BCUT2D eigenvalue weighted by molar-refractivity contribution is -0.0225. The number of alkyl halides is 1. The average Bonchev–Trinajstić information content (AvgIpc) is 2.34. The zero-order chi connectivity index (χ0) is 13.6. The standard InChI is InChI=1S/C15H23IO2/c1-12-6-5-7-13(10-12)14(11-16)18-9-8-15(2,3)17-4/h5-7,10,14H,8-9,11H2,1-4H3. The molecule has 102 valence electrons. The van der Waals surface area contributed by atoms with Crippen LogP contribution in [0, 0.1) is 6.92 Å². The van der Waals surface area contributed by atoms with Crippen LogP contribution in [0.4, 0.5) is 0 Å². The van der Waals surface area contributed by atoms with Crippen LogP contribution in [0.15, 0.2) is 24.3 Å². The Bertz CT molecular complexity index is 363. The van der Waals surface area contributed by atoms with Crippen molar-refractivity contribution in [2.75, 3.05) is 18.1 Å². The third-order valence-corrected chi connectivity index (χ3v) is 3.93. The molecule has 1 rings (SSSR count). The summed E-state index contributed by atoms with van der Waals surface area (Å²) in [6, 6.07) is 8.54. The topological polar surface area (TPSA) is 18.5 Å². The van der Waals surface area contributed by atoms with Crippen LogP contribution >= 0.6 is 22.6 Å². The predicted molar refractivity (Wildman–Crippen MR) is 84.5 cm³/mol. The first-order chi connectivity index (χ1) is 8.48. The van der Waals surface area contributed by atoms with E-state index in [0.717, 1.165) is 17.5 Å². The summed E-state index contributed by atoms with van der Waals surface area (Å²) in [6.45, 7) is 7.01. The minimum atomic E-state index is -0.109. The van der Waals surface area contributed by atoms with Gasteiger partial charge in [-0.1, -0.05) is 52.4 Å². The highest BCUT2D eigenvalue weighted by Gasteiger charge is 2.18. The molecule has 0 aliphatic heterocycles. The van der Waals surface area contributed by atoms with Gasteiger partial charge >= 0.3 is 0 Å². The van der Waals surface area contributed by atoms with Gasteiger partial charge in [0.05, 0.1) is 18.3 Å². The molecule has 0 fully saturated rings. The number of benzene rings is 1. The third-order valence-electron chi connectivity index (χ3n) is 3.13. The summed E-state index contributed by atoms with van der Waals surface area (Å²) in [5.41, 5.74) is 2.44. The van der Waals surface area contributed by atoms with Gasteiger partial charge in [0.25, 0.3) is 0 Å². The lowest BCUT2D eigenvalue weighted by Gasteiger charge is -2.24. The number of hydrogen-bond acceptors (Lipinski definition) is 2. The number of ether oxygens (including phenoxy) is 2. The van der Waals surface area contributed by atoms with E-state index in [4.69, 9.17) is 9.47 Å². The Morgan fingerprint density at radius 1 is 1.33 bits per heavy atom. The summed E-state index contributed by atoms with van der Waals surface area (Å²) in [5.74, 6) is 0. The first-order valence-corrected chi connectivity index (χ1v) is 7.80. The van der Waals surface area contributed by atoms with E-state index in [1.807, 2.05) is 0 Å². The van der Waals surface area contributed by atoms with E-state index in [9.17, 15) is 0 Å². The summed E-state index contributed by atoms with van der Waals surface area (Å²) in [4.78, 5) is 0. The summed E-state index contributed by atoms with van der Waals surface area (Å²) >= 11 is 2.38. The quantitative estimate of drug-likeness (QED) is 0.532. The molecular formula is C15H23IO2. The van der Waals surface area contributed by atoms with E-state index in [1.54, 1.807) is 7.11 Å². The maximum absolute atomic E-state index is 5.98. The average molecular weight is 362 g/mol. The van der Waals surface area contributed by atoms with E-state index < -0.39 is 0 Å². The summed E-state index contributed by atoms with van der Waals surface area (Å²) < 4.78 is 12.3. The molecule has 0 radical (unpaired) electrons. The highest BCUT2D eigenvalue weighted by Crippen LogP contribution is 2.22. The van der Waals surface area contributed by atoms with Gasteiger partial charge in [-0.3, -0.25) is 0 Å². The van der Waals surface area contributed by atoms with E-state index in [2.05, 4.69) is 67.6 Å². The van der Waals surface area contributed by atoms with Gasteiger partial charge in [-0.15, -0.1) is 0 Å². The van der Waals surface area contributed by atoms with Crippen molar-refractivity contribution in [1.29, 1.82) is 0 Å². The molecule has 1 aromatic rings. The third kappa shape index (κ3) is 5.24. The molecular weight excluding hydrogens is 339 g/mol. The first kappa shape index (κ1) is 15.9. The molecule has 3 heteroatoms. The molecule has 1 atom stereocenters. The number of aryl methyl sites for hydroxylation is 1. The van der Waals surface area contributed by atoms with Crippen molar-refractivity contribution in [3.05, 3.63) is 35.4 Å². The monoisotopic (exact) mass is 362 g/mol. The normalized spacial score (nSPS) is 13.6. The SMILES string of the molecule is COC(C)(C)CCOC(CI)c1cccc(C)c1. The second-order valence-electron chi connectivity index (χ2n) is 5.14. The molecule has 18 heavy (non-hydrogen) atoms. The molecule has 0 spiro atoms. The van der Waals surface area contributed by atoms with Gasteiger partial charge in [0.15, 0.2) is 0 Å². The second-order valence-corrected chi connectivity index (χ2v) is 6.02. The van der Waals surface area contributed by atoms with Crippen LogP contribution in [0.1, 0.15) is 37.5 Å². The lowest BCUT2D eigenvalue weighted by atomic mass is 10.1. The van der Waals surface area contributed by atoms with Crippen LogP contribution in [0.2, 0.25) is 0 Å². The molecule has 1 aromatic carbocycles. The van der Waals surface area contributed by atoms with Crippen molar-refractivity contribution in [2.45, 2.75) is 38.9 Å². The van der Waals surface area contributed by atoms with Crippen molar-refractivity contribution in [3.8, 4) is 0 Å². The Morgan fingerprint density at radius 3 is 2.61 bits per heavy atom. The van der Waals surface area contributed by atoms with Crippen molar-refractivity contribution in [1.82, 2.24) is 0 Å². The van der Waals surface area contributed by atoms with Crippen LogP contribution < -0.4 is 0 Å². The minimum absolute atomic E-state index is 0.109. The van der Waals surface area contributed by atoms with Gasteiger partial charge in [0, 0.05) is 11.5 Å². The maximum atomic E-state index is 5.98. The van der Waals surface area contributed by atoms with E-state index in [-0.39, 0.29) is 11.7 Å². The van der Waals surface area contributed by atoms with Gasteiger partial charge in [-0.25, -0.2) is 0 Å². The molecule has 0 saturated carbocycles. The zero-order valence-corrected chi connectivity index (χ0v) is 13.9. The lowest BCUT2D eigenvalue weighted by Crippen LogP contribution is -2.25. The van der Waals surface area contributed by atoms with Crippen LogP contribution in [-0.4, -0.2) is 23.7 Å². The van der Waals surface area contributed by atoms with Gasteiger partial charge in [-0.05, 0) is 32.8 Å². The van der Waals surface area contributed by atoms with E-state index in [0.29, 0.717) is 0 Å². The molecule has 0 heterocycles. The van der Waals surface area contributed by atoms with Crippen LogP contribution in [0.3, 0.4) is 0 Å². The van der Waals surface area contributed by atoms with Gasteiger partial charge in [-0.2, -0.15) is 0 Å². The molecule has 0 aliphatic carbocycles. The number of halogens is 1. The highest BCUT2D eigenvalue weighted by atomic mass is 127. The van der Waals surface area contributed by atoms with E-state index >= 15 is 0 Å². The van der Waals surface area contributed by atoms with Gasteiger partial charge in [0.1, 0.15) is 0 Å². The maximum Gasteiger partial charge on any atom is 0.0914 e. The number of rotatable bonds is 7. The van der Waals surface area contributed by atoms with Crippen molar-refractivity contribution < 1.29 is 9.47 Å². The Hall–Kier alpha value is -0.130. The van der Waals surface area contributed by atoms with Gasteiger partial charge in [0.2, 0.25) is 0 Å². The molecule has 1 unspecified atom stereocenters. The molecule has 0 saturated heterocycles. The Kier molecular flexibility index (Phi) is 6.60. The fraction of sp³-hybridized carbons (Fsp3) is 0.600. The van der Waals surface area contributed by atoms with E-state index in [1.165, 1.54) is 11.1 Å². The molecule has 0 aliphatic rings. The second kappa shape index (κ2) is 7.46. The van der Waals surface area contributed by atoms with Crippen molar-refractivity contribution in [3.63, 3.8) is 0 Å². The van der Waals surface area contributed by atoms with Crippen LogP contribution in [0.5, 0.6) is 0 Å². The van der Waals surface area contributed by atoms with Gasteiger partial charge < -0.3 is 9.47 Å². The Balaban J connectivity index is 2.53. The summed E-state index contributed by atoms with van der Waals surface area (Å²) in [7, 11) is 1.75. The Labute approximate surface area is 124 Å². The van der Waals surface area contributed by atoms with Crippen LogP contribution in [0.25, 0.3) is 0 Å². The van der Waals surface area contributed by atoms with Crippen molar-refractivity contribution in [2.24, 2.45) is 0 Å². The summed E-state index contributed by atoms with van der Waals surface area (Å²) in [5, 5.41) is 0. The molecule has 0 amide bonds. The molecule has 2 nitrogen and oxygen atoms in total. The smallest absolute Gasteiger partial charge is 0.0914 e. The Morgan fingerprint density at radius 2 is 2.06 bits per heavy atom. The van der Waals surface area contributed by atoms with Crippen LogP contribution in [-0.2, 0) is 9.47 Å². The minimum Gasteiger partial charge on any atom is -0.379 e. The molecule has 0 bridgehead atoms. The fourth-order valence-electron chi connectivity index (χ4n) is 1.65. The zero-order valence-electron chi connectivity index (χ0n) is 11.7. The predicted octanol–water partition coefficient (Wildman–Crippen LogP) is 4.30. The number of hydrogen-bond donors (Lipinski definition) is 0. The summed E-state index contributed by atoms with van der Waals surface area (Å²) in [6.07, 6.45) is 1.08. The first-order valence-electron chi connectivity index (χ1n) is 6.28. The highest BCUT2D eigenvalue weighted by molar-refractivity contribution is 14.1. The largest absolute Gasteiger partial charge is 0.379 e. The molecule has 0 aromatic heterocycles. The fourth-order valence-corrected chi connectivity index (χ4v) is 2.41. The molecule has 0 N–H and O–H groups in total. The van der Waals surface area contributed by atoms with Crippen molar-refractivity contribution >= 4 is 22.6 Å². The number of methoxy groups -OCH3 is 1.